The first-order valence-corrected chi connectivity index (χ1v) is 12.0. The zero-order chi connectivity index (χ0) is 26.3. The number of aromatic nitrogens is 3. The van der Waals surface area contributed by atoms with Crippen LogP contribution < -0.4 is 10.1 Å². The molecule has 37 heavy (non-hydrogen) atoms. The normalized spacial score (nSPS) is 13.8. The molecule has 0 spiro atoms. The Hall–Kier alpha value is -4.59. The van der Waals surface area contributed by atoms with Crippen molar-refractivity contribution in [1.29, 1.82) is 0 Å². The third-order valence-electron chi connectivity index (χ3n) is 6.36. The number of aromatic amines is 1. The van der Waals surface area contributed by atoms with Crippen LogP contribution in [0.15, 0.2) is 83.9 Å². The fraction of sp³-hybridized carbons (Fsp3) is 0.172. The molecule has 2 aromatic heterocycles. The molecule has 0 bridgehead atoms. The van der Waals surface area contributed by atoms with Crippen molar-refractivity contribution in [3.8, 4) is 5.69 Å². The Morgan fingerprint density at radius 1 is 0.919 bits per heavy atom. The van der Waals surface area contributed by atoms with Gasteiger partial charge in [-0.05, 0) is 48.7 Å². The summed E-state index contributed by atoms with van der Waals surface area (Å²) in [4.78, 5) is 42.7. The van der Waals surface area contributed by atoms with Crippen molar-refractivity contribution in [2.45, 2.75) is 33.2 Å². The number of carbonyl (C=O) groups excluding carboxylic acids is 2. The van der Waals surface area contributed by atoms with Crippen LogP contribution in [-0.4, -0.2) is 26.5 Å². The number of H-pyrrole nitrogens is 1. The summed E-state index contributed by atoms with van der Waals surface area (Å²) in [6.07, 6.45) is 3.45. The summed E-state index contributed by atoms with van der Waals surface area (Å²) in [7, 11) is 0. The molecule has 186 valence electrons. The minimum Gasteiger partial charge on any atom is -0.294 e. The van der Waals surface area contributed by atoms with Gasteiger partial charge in [0.1, 0.15) is 11.4 Å². The Bertz CT molecular complexity index is 1600. The van der Waals surface area contributed by atoms with Gasteiger partial charge in [0.15, 0.2) is 12.4 Å². The van der Waals surface area contributed by atoms with Crippen molar-refractivity contribution in [2.24, 2.45) is 0 Å². The number of nitrogens with zero attached hydrogens (tertiary/aromatic N) is 3. The number of hydrogen-bond acceptors (Lipinski definition) is 3. The van der Waals surface area contributed by atoms with E-state index >= 15 is 0 Å². The molecule has 0 fully saturated rings. The Kier molecular flexibility index (Phi) is 6.17. The smallest absolute Gasteiger partial charge is 0.294 e. The van der Waals surface area contributed by atoms with E-state index in [0.29, 0.717) is 11.4 Å². The second kappa shape index (κ2) is 9.46. The Morgan fingerprint density at radius 2 is 1.62 bits per heavy atom. The number of benzene rings is 2. The number of nitrogens with one attached hydrogen (secondary N) is 1. The van der Waals surface area contributed by atoms with Gasteiger partial charge < -0.3 is 0 Å². The number of pyridine rings is 1. The standard InChI is InChI=1S/C29H25FN4O3/c1-18(2)25-23(28(36)34(31-25)22-13-11-21(30)12-14-22)24-26(32-15-7-8-19(3)16-32)29(37)33(27(24)35)17-20-9-5-4-6-10-20/h4-16,18H,17H2,1-3H3/p+1. The fourth-order valence-electron chi connectivity index (χ4n) is 4.56. The van der Waals surface area contributed by atoms with Crippen molar-refractivity contribution in [1.82, 2.24) is 14.7 Å². The molecule has 2 amide bonds. The van der Waals surface area contributed by atoms with Gasteiger partial charge in [0.25, 0.3) is 17.2 Å². The zero-order valence-corrected chi connectivity index (χ0v) is 20.7. The monoisotopic (exact) mass is 497 g/mol. The van der Waals surface area contributed by atoms with Gasteiger partial charge in [0, 0.05) is 17.3 Å². The largest absolute Gasteiger partial charge is 0.327 e. The third kappa shape index (κ3) is 4.31. The number of halogens is 1. The van der Waals surface area contributed by atoms with Gasteiger partial charge in [-0.2, -0.15) is 4.57 Å². The highest BCUT2D eigenvalue weighted by Crippen LogP contribution is 2.33. The molecule has 1 N–H and O–H groups in total. The number of amides is 2. The molecule has 5 rings (SSSR count). The van der Waals surface area contributed by atoms with Gasteiger partial charge in [0.2, 0.25) is 0 Å². The molecular formula is C29H26FN4O3+. The van der Waals surface area contributed by atoms with Gasteiger partial charge >= 0.3 is 5.91 Å². The maximum absolute atomic E-state index is 13.9. The van der Waals surface area contributed by atoms with E-state index in [1.165, 1.54) is 33.8 Å². The average molecular weight is 498 g/mol. The van der Waals surface area contributed by atoms with Crippen molar-refractivity contribution < 1.29 is 18.5 Å². The highest BCUT2D eigenvalue weighted by molar-refractivity contribution is 6.44. The molecule has 0 radical (unpaired) electrons. The topological polar surface area (TPSA) is 79.1 Å². The highest BCUT2D eigenvalue weighted by atomic mass is 19.1. The van der Waals surface area contributed by atoms with Crippen LogP contribution in [0.3, 0.4) is 0 Å². The van der Waals surface area contributed by atoms with Crippen molar-refractivity contribution in [3.63, 3.8) is 0 Å². The summed E-state index contributed by atoms with van der Waals surface area (Å²) in [5.74, 6) is -1.63. The molecule has 0 aliphatic carbocycles. The van der Waals surface area contributed by atoms with Gasteiger partial charge in [-0.3, -0.25) is 24.4 Å². The molecule has 4 aromatic rings. The molecular weight excluding hydrogens is 471 g/mol. The van der Waals surface area contributed by atoms with E-state index in [4.69, 9.17) is 0 Å². The lowest BCUT2D eigenvalue weighted by atomic mass is 9.98. The number of aryl methyl sites for hydroxylation is 1. The maximum Gasteiger partial charge on any atom is 0.327 e. The van der Waals surface area contributed by atoms with E-state index in [2.05, 4.69) is 5.10 Å². The van der Waals surface area contributed by atoms with Gasteiger partial charge in [-0.15, -0.1) is 0 Å². The molecule has 0 atom stereocenters. The predicted octanol–water partition coefficient (Wildman–Crippen LogP) is 3.96. The van der Waals surface area contributed by atoms with Gasteiger partial charge in [0.05, 0.1) is 17.8 Å². The molecule has 0 unspecified atom stereocenters. The van der Waals surface area contributed by atoms with Crippen LogP contribution in [0.1, 0.15) is 42.1 Å². The lowest BCUT2D eigenvalue weighted by Crippen LogP contribution is -2.39. The van der Waals surface area contributed by atoms with Gasteiger partial charge in [-0.1, -0.05) is 44.2 Å². The van der Waals surface area contributed by atoms with E-state index < -0.39 is 23.2 Å². The molecule has 0 saturated carbocycles. The molecule has 8 heteroatoms. The zero-order valence-electron chi connectivity index (χ0n) is 20.7. The predicted molar refractivity (Wildman–Crippen MR) is 137 cm³/mol. The highest BCUT2D eigenvalue weighted by Gasteiger charge is 2.47. The minimum absolute atomic E-state index is 0.0438. The maximum atomic E-state index is 13.9. The first-order chi connectivity index (χ1) is 17.8. The molecule has 2 aromatic carbocycles. The average Bonchev–Trinajstić information content (AvgIpc) is 3.34. The van der Waals surface area contributed by atoms with E-state index in [-0.39, 0.29) is 29.3 Å². The Labute approximate surface area is 213 Å². The minimum atomic E-state index is -0.540. The van der Waals surface area contributed by atoms with Crippen LogP contribution in [-0.2, 0) is 16.1 Å². The summed E-state index contributed by atoms with van der Waals surface area (Å²) < 4.78 is 16.4. The summed E-state index contributed by atoms with van der Waals surface area (Å²) in [5, 5.41) is 3.10. The first-order valence-electron chi connectivity index (χ1n) is 12.0. The summed E-state index contributed by atoms with van der Waals surface area (Å²) in [6, 6.07) is 18.4. The third-order valence-corrected chi connectivity index (χ3v) is 6.36. The summed E-state index contributed by atoms with van der Waals surface area (Å²) in [6.45, 7) is 5.75. The summed E-state index contributed by atoms with van der Waals surface area (Å²) in [5.41, 5.74) is 2.42. The quantitative estimate of drug-likeness (QED) is 0.324. The fourth-order valence-corrected chi connectivity index (χ4v) is 4.56. The van der Waals surface area contributed by atoms with E-state index in [9.17, 15) is 18.8 Å². The van der Waals surface area contributed by atoms with Crippen LogP contribution in [0.25, 0.3) is 17.0 Å². The Balaban J connectivity index is 1.75. The van der Waals surface area contributed by atoms with Crippen LogP contribution in [0.4, 0.5) is 4.39 Å². The van der Waals surface area contributed by atoms with Crippen LogP contribution in [0.5, 0.6) is 0 Å². The number of imide groups is 1. The summed E-state index contributed by atoms with van der Waals surface area (Å²) >= 11 is 0. The molecule has 1 aliphatic heterocycles. The second-order valence-electron chi connectivity index (χ2n) is 9.37. The van der Waals surface area contributed by atoms with Crippen molar-refractivity contribution in [2.75, 3.05) is 0 Å². The van der Waals surface area contributed by atoms with E-state index in [1.54, 1.807) is 23.0 Å². The first kappa shape index (κ1) is 24.1. The second-order valence-corrected chi connectivity index (χ2v) is 9.37. The van der Waals surface area contributed by atoms with E-state index in [0.717, 1.165) is 11.1 Å². The number of rotatable bonds is 6. The molecule has 0 saturated heterocycles. The van der Waals surface area contributed by atoms with Crippen molar-refractivity contribution >= 4 is 23.1 Å². The lowest BCUT2D eigenvalue weighted by Gasteiger charge is -2.14. The SMILES string of the molecule is Cc1ccc[n+](C2=C(c3c(C(C)C)[nH]n(-c4ccc(F)cc4)c3=O)C(=O)N(Cc3ccccc3)C2=O)c1. The van der Waals surface area contributed by atoms with Crippen LogP contribution >= 0.6 is 0 Å². The van der Waals surface area contributed by atoms with Crippen LogP contribution in [0, 0.1) is 12.7 Å². The van der Waals surface area contributed by atoms with Crippen LogP contribution in [0.2, 0.25) is 0 Å². The number of carbonyl (C=O) groups is 2. The molecule has 3 heterocycles. The number of hydrogen-bond donors (Lipinski definition) is 1. The molecule has 7 nitrogen and oxygen atoms in total. The molecule has 1 aliphatic rings. The van der Waals surface area contributed by atoms with Gasteiger partial charge in [-0.25, -0.2) is 9.07 Å². The van der Waals surface area contributed by atoms with Crippen molar-refractivity contribution in [3.05, 3.63) is 118 Å². The van der Waals surface area contributed by atoms with E-state index in [1.807, 2.05) is 57.2 Å². The lowest BCUT2D eigenvalue weighted by molar-refractivity contribution is -0.577. The Morgan fingerprint density at radius 3 is 2.27 bits per heavy atom.